The average Bonchev–Trinajstić information content (AvgIpc) is 3.32. The van der Waals surface area contributed by atoms with Crippen LogP contribution in [0.25, 0.3) is 10.4 Å². The Morgan fingerprint density at radius 2 is 2.03 bits per heavy atom. The number of carbonyl (C=O) groups excluding carboxylic acids is 1. The van der Waals surface area contributed by atoms with Gasteiger partial charge in [-0.3, -0.25) is 4.79 Å². The Morgan fingerprint density at radius 1 is 1.27 bits per heavy atom. The minimum atomic E-state index is -4.57. The van der Waals surface area contributed by atoms with Crippen LogP contribution in [0.1, 0.15) is 49.9 Å². The minimum Gasteiger partial charge on any atom is -0.466 e. The van der Waals surface area contributed by atoms with Gasteiger partial charge in [0.05, 0.1) is 17.4 Å². The minimum absolute atomic E-state index is 0.0742. The van der Waals surface area contributed by atoms with Gasteiger partial charge in [0.25, 0.3) is 0 Å². The molecule has 2 aromatic heterocycles. The van der Waals surface area contributed by atoms with E-state index in [0.29, 0.717) is 30.1 Å². The predicted octanol–water partition coefficient (Wildman–Crippen LogP) is 6.10. The van der Waals surface area contributed by atoms with Crippen LogP contribution in [-0.2, 0) is 21.3 Å². The number of rotatable bonds is 6. The molecule has 1 aliphatic rings. The van der Waals surface area contributed by atoms with Gasteiger partial charge in [0.1, 0.15) is 16.3 Å². The molecular formula is C26H29F3N4O3S. The zero-order chi connectivity index (χ0) is 27.0. The molecule has 7 nitrogen and oxygen atoms in total. The molecular weight excluding hydrogens is 505 g/mol. The Morgan fingerprint density at radius 3 is 2.73 bits per heavy atom. The first-order valence-electron chi connectivity index (χ1n) is 12.1. The van der Waals surface area contributed by atoms with E-state index in [1.165, 1.54) is 11.3 Å². The third kappa shape index (κ3) is 5.77. The van der Waals surface area contributed by atoms with Crippen LogP contribution >= 0.6 is 11.3 Å². The van der Waals surface area contributed by atoms with Gasteiger partial charge in [-0.2, -0.15) is 13.2 Å². The molecule has 11 heteroatoms. The second-order valence-electron chi connectivity index (χ2n) is 9.61. The normalized spacial score (nSPS) is 24.1. The van der Waals surface area contributed by atoms with Crippen LogP contribution in [0.15, 0.2) is 36.7 Å². The third-order valence-corrected chi connectivity index (χ3v) is 7.99. The smallest absolute Gasteiger partial charge is 0.433 e. The molecule has 0 bridgehead atoms. The lowest BCUT2D eigenvalue weighted by molar-refractivity contribution is -0.158. The fraction of sp³-hybridized carbons (Fsp3) is 0.462. The highest BCUT2D eigenvalue weighted by Gasteiger charge is 2.48. The highest BCUT2D eigenvalue weighted by Crippen LogP contribution is 2.48. The van der Waals surface area contributed by atoms with E-state index < -0.39 is 17.5 Å². The van der Waals surface area contributed by atoms with Gasteiger partial charge in [-0.15, -0.1) is 11.3 Å². The molecule has 0 spiro atoms. The Labute approximate surface area is 217 Å². The van der Waals surface area contributed by atoms with Gasteiger partial charge >= 0.3 is 12.1 Å². The van der Waals surface area contributed by atoms with Crippen molar-refractivity contribution in [1.29, 1.82) is 0 Å². The zero-order valence-electron chi connectivity index (χ0n) is 21.0. The lowest BCUT2D eigenvalue weighted by Crippen LogP contribution is -2.45. The number of halogens is 3. The first kappa shape index (κ1) is 27.0. The molecule has 1 aliphatic carbocycles. The van der Waals surface area contributed by atoms with Crippen LogP contribution in [0.2, 0.25) is 0 Å². The lowest BCUT2D eigenvalue weighted by atomic mass is 9.67. The number of carbonyl (C=O) groups is 1. The number of aromatic nitrogens is 3. The second kappa shape index (κ2) is 10.4. The first-order valence-corrected chi connectivity index (χ1v) is 12.9. The third-order valence-electron chi connectivity index (χ3n) is 6.77. The topological polar surface area (TPSA) is 97.2 Å². The second-order valence-corrected chi connectivity index (χ2v) is 10.6. The monoisotopic (exact) mass is 534 g/mol. The Hall–Kier alpha value is -3.05. The van der Waals surface area contributed by atoms with Crippen LogP contribution in [0.3, 0.4) is 0 Å². The number of thiazole rings is 1. The van der Waals surface area contributed by atoms with Crippen LogP contribution in [0, 0.1) is 24.7 Å². The summed E-state index contributed by atoms with van der Waals surface area (Å²) in [6.07, 6.45) is -0.935. The van der Waals surface area contributed by atoms with E-state index in [-0.39, 0.29) is 29.7 Å². The summed E-state index contributed by atoms with van der Waals surface area (Å²) in [6, 6.07) is 6.31. The predicted molar refractivity (Wildman–Crippen MR) is 134 cm³/mol. The van der Waals surface area contributed by atoms with Crippen molar-refractivity contribution in [2.24, 2.45) is 17.8 Å². The molecule has 0 saturated heterocycles. The maximum Gasteiger partial charge on any atom is 0.433 e. The summed E-state index contributed by atoms with van der Waals surface area (Å²) in [5, 5.41) is 15.1. The van der Waals surface area contributed by atoms with Gasteiger partial charge in [-0.05, 0) is 67.9 Å². The van der Waals surface area contributed by atoms with Gasteiger partial charge < -0.3 is 15.2 Å². The molecule has 0 radical (unpaired) electrons. The number of nitrogens with zero attached hydrogens (tertiary/aromatic N) is 3. The van der Waals surface area contributed by atoms with Crippen molar-refractivity contribution in [3.63, 3.8) is 0 Å². The number of aryl methyl sites for hydroxylation is 1. The Balaban J connectivity index is 1.57. The molecule has 1 fully saturated rings. The van der Waals surface area contributed by atoms with Crippen LogP contribution in [0.5, 0.6) is 0 Å². The molecule has 0 amide bonds. The quantitative estimate of drug-likeness (QED) is 0.369. The number of benzene rings is 1. The van der Waals surface area contributed by atoms with Crippen molar-refractivity contribution in [3.05, 3.63) is 52.9 Å². The van der Waals surface area contributed by atoms with Gasteiger partial charge in [-0.25, -0.2) is 15.0 Å². The number of hydrogen-bond donors (Lipinski definition) is 2. The Kier molecular flexibility index (Phi) is 7.57. The first-order chi connectivity index (χ1) is 17.4. The van der Waals surface area contributed by atoms with Gasteiger partial charge in [0, 0.05) is 18.1 Å². The number of anilines is 2. The van der Waals surface area contributed by atoms with Gasteiger partial charge in [0.15, 0.2) is 0 Å². The van der Waals surface area contributed by atoms with Crippen LogP contribution < -0.4 is 5.32 Å². The summed E-state index contributed by atoms with van der Waals surface area (Å²) in [4.78, 5) is 25.2. The molecule has 2 heterocycles. The highest BCUT2D eigenvalue weighted by molar-refractivity contribution is 7.15. The summed E-state index contributed by atoms with van der Waals surface area (Å²) in [6.45, 7) is 7.84. The van der Waals surface area contributed by atoms with Crippen molar-refractivity contribution in [2.45, 2.75) is 52.3 Å². The van der Waals surface area contributed by atoms with E-state index in [1.54, 1.807) is 25.3 Å². The summed E-state index contributed by atoms with van der Waals surface area (Å²) < 4.78 is 44.3. The number of alkyl halides is 3. The van der Waals surface area contributed by atoms with E-state index in [0.717, 1.165) is 28.3 Å². The maximum absolute atomic E-state index is 13.0. The Bertz CT molecular complexity index is 1280. The maximum atomic E-state index is 13.0. The molecule has 1 aromatic carbocycles. The number of esters is 1. The standard InChI is InChI=1S/C26H29F3N4O3S/c1-5-36-22(34)19-10-16(4)25(35,12-15(19)3)23-31-13-20(37-23)17-8-14(2)9-18(11-17)32-24-30-7-6-21(33-24)26(27,28)29/h6-9,11,13,15-16,19,35H,5,10,12H2,1-4H3,(H,30,32,33). The number of nitrogens with one attached hydrogen (secondary N) is 1. The SMILES string of the molecule is CCOC(=O)C1CC(C)C(O)(c2ncc(-c3cc(C)cc(Nc4nccc(C(F)(F)F)n4)c3)s2)CC1C. The fourth-order valence-electron chi connectivity index (χ4n) is 4.83. The summed E-state index contributed by atoms with van der Waals surface area (Å²) in [5.74, 6) is -0.932. The van der Waals surface area contributed by atoms with Gasteiger partial charge in [0.2, 0.25) is 5.95 Å². The highest BCUT2D eigenvalue weighted by atomic mass is 32.1. The van der Waals surface area contributed by atoms with Crippen molar-refractivity contribution in [1.82, 2.24) is 15.0 Å². The van der Waals surface area contributed by atoms with Crippen molar-refractivity contribution < 1.29 is 27.8 Å². The van der Waals surface area contributed by atoms with E-state index in [9.17, 15) is 23.1 Å². The van der Waals surface area contributed by atoms with Crippen LogP contribution in [-0.4, -0.2) is 32.6 Å². The van der Waals surface area contributed by atoms with Gasteiger partial charge in [-0.1, -0.05) is 19.9 Å². The molecule has 0 aliphatic heterocycles. The fourth-order valence-corrected chi connectivity index (χ4v) is 5.95. The van der Waals surface area contributed by atoms with E-state index in [2.05, 4.69) is 20.3 Å². The molecule has 4 atom stereocenters. The molecule has 4 unspecified atom stereocenters. The average molecular weight is 535 g/mol. The van der Waals surface area contributed by atoms with Crippen molar-refractivity contribution in [2.75, 3.05) is 11.9 Å². The lowest BCUT2D eigenvalue weighted by Gasteiger charge is -2.42. The van der Waals surface area contributed by atoms with Crippen molar-refractivity contribution in [3.8, 4) is 10.4 Å². The molecule has 2 N–H and O–H groups in total. The van der Waals surface area contributed by atoms with E-state index >= 15 is 0 Å². The van der Waals surface area contributed by atoms with Crippen LogP contribution in [0.4, 0.5) is 24.8 Å². The zero-order valence-corrected chi connectivity index (χ0v) is 21.8. The van der Waals surface area contributed by atoms with Crippen molar-refractivity contribution >= 4 is 28.9 Å². The number of ether oxygens (including phenoxy) is 1. The largest absolute Gasteiger partial charge is 0.466 e. The number of aliphatic hydroxyl groups is 1. The molecule has 1 saturated carbocycles. The summed E-state index contributed by atoms with van der Waals surface area (Å²) in [7, 11) is 0. The molecule has 37 heavy (non-hydrogen) atoms. The summed E-state index contributed by atoms with van der Waals surface area (Å²) in [5.41, 5.74) is -0.0123. The summed E-state index contributed by atoms with van der Waals surface area (Å²) >= 11 is 1.36. The molecule has 4 rings (SSSR count). The molecule has 198 valence electrons. The number of hydrogen-bond acceptors (Lipinski definition) is 8. The van der Waals surface area contributed by atoms with E-state index in [4.69, 9.17) is 4.74 Å². The van der Waals surface area contributed by atoms with E-state index in [1.807, 2.05) is 26.8 Å². The molecule has 3 aromatic rings.